The second-order valence-electron chi connectivity index (χ2n) is 6.97. The number of benzene rings is 3. The first-order valence-corrected chi connectivity index (χ1v) is 10.1. The summed E-state index contributed by atoms with van der Waals surface area (Å²) >= 11 is 5.84. The smallest absolute Gasteiger partial charge is 0.337 e. The Morgan fingerprint density at radius 2 is 1.81 bits per heavy atom. The summed E-state index contributed by atoms with van der Waals surface area (Å²) in [6, 6.07) is 19.6. The van der Waals surface area contributed by atoms with Gasteiger partial charge in [-0.3, -0.25) is 4.79 Å². The van der Waals surface area contributed by atoms with Crippen molar-refractivity contribution in [2.75, 3.05) is 11.9 Å². The first kappa shape index (κ1) is 21.3. The number of nitrogens with one attached hydrogen (secondary N) is 2. The molecule has 4 aromatic rings. The summed E-state index contributed by atoms with van der Waals surface area (Å²) in [6.07, 6.45) is 1.66. The van der Waals surface area contributed by atoms with Gasteiger partial charge in [-0.05, 0) is 42.0 Å². The monoisotopic (exact) mass is 450 g/mol. The maximum absolute atomic E-state index is 12.3. The maximum atomic E-state index is 12.3. The molecule has 0 fully saturated rings. The average molecular weight is 451 g/mol. The number of amides is 1. The van der Waals surface area contributed by atoms with Crippen molar-refractivity contribution in [3.05, 3.63) is 89.1 Å². The minimum atomic E-state index is -1.19. The van der Waals surface area contributed by atoms with E-state index in [0.29, 0.717) is 18.1 Å². The zero-order chi connectivity index (χ0) is 22.5. The third-order valence-corrected chi connectivity index (χ3v) is 4.94. The summed E-state index contributed by atoms with van der Waals surface area (Å²) in [7, 11) is 0. The van der Waals surface area contributed by atoms with Gasteiger partial charge in [0.15, 0.2) is 6.61 Å². The SMILES string of the molecule is O=C(COc1c[nH]c2ccc(OCc3ccccc3)cc12)Nc1ccc(Cl)cc1C(=O)O. The Balaban J connectivity index is 1.42. The Bertz CT molecular complexity index is 1270. The number of carboxylic acids is 1. The van der Waals surface area contributed by atoms with Crippen LogP contribution in [0.5, 0.6) is 11.5 Å². The van der Waals surface area contributed by atoms with Crippen LogP contribution in [0.3, 0.4) is 0 Å². The van der Waals surface area contributed by atoms with Crippen LogP contribution in [0.4, 0.5) is 5.69 Å². The Morgan fingerprint density at radius 3 is 2.59 bits per heavy atom. The molecule has 1 amide bonds. The van der Waals surface area contributed by atoms with Crippen LogP contribution in [0.15, 0.2) is 72.9 Å². The molecule has 0 radical (unpaired) electrons. The average Bonchev–Trinajstić information content (AvgIpc) is 3.20. The minimum absolute atomic E-state index is 0.0989. The molecule has 0 saturated carbocycles. The molecular formula is C24H19ClN2O5. The van der Waals surface area contributed by atoms with Gasteiger partial charge in [-0.25, -0.2) is 4.79 Å². The van der Waals surface area contributed by atoms with E-state index in [1.807, 2.05) is 48.5 Å². The van der Waals surface area contributed by atoms with Gasteiger partial charge in [0.1, 0.15) is 18.1 Å². The highest BCUT2D eigenvalue weighted by Gasteiger charge is 2.14. The summed E-state index contributed by atoms with van der Waals surface area (Å²) in [5.41, 5.74) is 1.93. The van der Waals surface area contributed by atoms with Gasteiger partial charge >= 0.3 is 5.97 Å². The standard InChI is InChI=1S/C24H19ClN2O5/c25-16-6-8-21(19(10-16)24(29)30)27-23(28)14-32-22-12-26-20-9-7-17(11-18(20)22)31-13-15-4-2-1-3-5-15/h1-12,26H,13-14H2,(H,27,28)(H,29,30). The van der Waals surface area contributed by atoms with Gasteiger partial charge in [0.05, 0.1) is 11.3 Å². The van der Waals surface area contributed by atoms with Crippen LogP contribution in [0, 0.1) is 0 Å². The molecule has 3 aromatic carbocycles. The normalized spacial score (nSPS) is 10.7. The number of carboxylic acid groups (broad SMARTS) is 1. The number of ether oxygens (including phenoxy) is 2. The second kappa shape index (κ2) is 9.45. The number of H-pyrrole nitrogens is 1. The lowest BCUT2D eigenvalue weighted by atomic mass is 10.2. The Labute approximate surface area is 188 Å². The number of carbonyl (C=O) groups is 2. The van der Waals surface area contributed by atoms with Crippen molar-refractivity contribution < 1.29 is 24.2 Å². The second-order valence-corrected chi connectivity index (χ2v) is 7.40. The predicted octanol–water partition coefficient (Wildman–Crippen LogP) is 5.12. The van der Waals surface area contributed by atoms with E-state index in [9.17, 15) is 14.7 Å². The van der Waals surface area contributed by atoms with E-state index < -0.39 is 11.9 Å². The number of rotatable bonds is 8. The van der Waals surface area contributed by atoms with Crippen LogP contribution in [0.2, 0.25) is 5.02 Å². The van der Waals surface area contributed by atoms with Gasteiger partial charge < -0.3 is 24.9 Å². The van der Waals surface area contributed by atoms with E-state index >= 15 is 0 Å². The first-order valence-electron chi connectivity index (χ1n) is 9.73. The maximum Gasteiger partial charge on any atom is 0.337 e. The van der Waals surface area contributed by atoms with Crippen LogP contribution < -0.4 is 14.8 Å². The van der Waals surface area contributed by atoms with Crippen LogP contribution in [-0.4, -0.2) is 28.6 Å². The lowest BCUT2D eigenvalue weighted by Gasteiger charge is -2.10. The molecule has 0 aliphatic rings. The van der Waals surface area contributed by atoms with Gasteiger partial charge in [-0.15, -0.1) is 0 Å². The highest BCUT2D eigenvalue weighted by Crippen LogP contribution is 2.29. The van der Waals surface area contributed by atoms with Crippen molar-refractivity contribution in [3.8, 4) is 11.5 Å². The minimum Gasteiger partial charge on any atom is -0.489 e. The van der Waals surface area contributed by atoms with Crippen LogP contribution in [-0.2, 0) is 11.4 Å². The summed E-state index contributed by atoms with van der Waals surface area (Å²) in [4.78, 5) is 26.8. The van der Waals surface area contributed by atoms with Gasteiger partial charge in [0.2, 0.25) is 0 Å². The number of anilines is 1. The van der Waals surface area contributed by atoms with Crippen molar-refractivity contribution in [3.63, 3.8) is 0 Å². The number of aromatic nitrogens is 1. The van der Waals surface area contributed by atoms with Crippen molar-refractivity contribution in [1.82, 2.24) is 4.98 Å². The molecule has 0 unspecified atom stereocenters. The van der Waals surface area contributed by atoms with E-state index in [1.54, 1.807) is 6.20 Å². The Morgan fingerprint density at radius 1 is 1.00 bits per heavy atom. The molecule has 0 atom stereocenters. The number of carbonyl (C=O) groups excluding carboxylic acids is 1. The summed E-state index contributed by atoms with van der Waals surface area (Å²) in [5, 5.41) is 12.9. The highest BCUT2D eigenvalue weighted by atomic mass is 35.5. The van der Waals surface area contributed by atoms with Gasteiger partial charge in [0.25, 0.3) is 5.91 Å². The Hall–Kier alpha value is -3.97. The predicted molar refractivity (Wildman–Crippen MR) is 122 cm³/mol. The lowest BCUT2D eigenvalue weighted by Crippen LogP contribution is -2.21. The van der Waals surface area contributed by atoms with Crippen molar-refractivity contribution >= 4 is 40.1 Å². The number of fused-ring (bicyclic) bond motifs is 1. The van der Waals surface area contributed by atoms with E-state index in [0.717, 1.165) is 16.5 Å². The largest absolute Gasteiger partial charge is 0.489 e. The fourth-order valence-corrected chi connectivity index (χ4v) is 3.33. The quantitative estimate of drug-likeness (QED) is 0.346. The molecule has 162 valence electrons. The van der Waals surface area contributed by atoms with Crippen molar-refractivity contribution in [2.24, 2.45) is 0 Å². The number of aromatic amines is 1. The third kappa shape index (κ3) is 5.01. The number of hydrogen-bond acceptors (Lipinski definition) is 4. The molecule has 0 aliphatic heterocycles. The van der Waals surface area contributed by atoms with Crippen molar-refractivity contribution in [1.29, 1.82) is 0 Å². The van der Waals surface area contributed by atoms with Gasteiger partial charge in [-0.2, -0.15) is 0 Å². The number of halogens is 1. The zero-order valence-corrected chi connectivity index (χ0v) is 17.6. The summed E-state index contributed by atoms with van der Waals surface area (Å²) < 4.78 is 11.5. The molecular weight excluding hydrogens is 432 g/mol. The van der Waals surface area contributed by atoms with Crippen LogP contribution >= 0.6 is 11.6 Å². The molecule has 8 heteroatoms. The molecule has 4 rings (SSSR count). The van der Waals surface area contributed by atoms with E-state index in [4.69, 9.17) is 21.1 Å². The summed E-state index contributed by atoms with van der Waals surface area (Å²) in [5.74, 6) is -0.540. The molecule has 1 heterocycles. The molecule has 3 N–H and O–H groups in total. The van der Waals surface area contributed by atoms with E-state index in [1.165, 1.54) is 18.2 Å². The molecule has 0 bridgehead atoms. The molecule has 0 aliphatic carbocycles. The third-order valence-electron chi connectivity index (χ3n) is 4.71. The van der Waals surface area contributed by atoms with Gasteiger partial charge in [-0.1, -0.05) is 41.9 Å². The molecule has 7 nitrogen and oxygen atoms in total. The molecule has 32 heavy (non-hydrogen) atoms. The van der Waals surface area contributed by atoms with Gasteiger partial charge in [0, 0.05) is 22.1 Å². The zero-order valence-electron chi connectivity index (χ0n) is 16.8. The van der Waals surface area contributed by atoms with Crippen molar-refractivity contribution in [2.45, 2.75) is 6.61 Å². The molecule has 1 aromatic heterocycles. The molecule has 0 saturated heterocycles. The van der Waals surface area contributed by atoms with E-state index in [-0.39, 0.29) is 22.9 Å². The number of aromatic carboxylic acids is 1. The number of hydrogen-bond donors (Lipinski definition) is 3. The lowest BCUT2D eigenvalue weighted by molar-refractivity contribution is -0.118. The fraction of sp³-hybridized carbons (Fsp3) is 0.0833. The highest BCUT2D eigenvalue weighted by molar-refractivity contribution is 6.31. The van der Waals surface area contributed by atoms with Crippen LogP contribution in [0.25, 0.3) is 10.9 Å². The molecule has 0 spiro atoms. The Kier molecular flexibility index (Phi) is 6.28. The summed E-state index contributed by atoms with van der Waals surface area (Å²) in [6.45, 7) is 0.131. The first-order chi connectivity index (χ1) is 15.5. The topological polar surface area (TPSA) is 101 Å². The van der Waals surface area contributed by atoms with E-state index in [2.05, 4.69) is 10.3 Å². The fourth-order valence-electron chi connectivity index (χ4n) is 3.16. The van der Waals surface area contributed by atoms with Crippen LogP contribution in [0.1, 0.15) is 15.9 Å².